The minimum absolute atomic E-state index is 0.0566. The van der Waals surface area contributed by atoms with E-state index in [2.05, 4.69) is 0 Å². The molecule has 0 fully saturated rings. The number of carbonyl (C=O) groups excluding carboxylic acids is 1. The number of fused-ring (bicyclic) bond motifs is 1. The zero-order valence-electron chi connectivity index (χ0n) is 10.8. The van der Waals surface area contributed by atoms with E-state index in [-0.39, 0.29) is 5.91 Å². The molecule has 2 aromatic rings. The number of carbonyl (C=O) groups is 1. The lowest BCUT2D eigenvalue weighted by atomic mass is 10.1. The van der Waals surface area contributed by atoms with Gasteiger partial charge in [0.2, 0.25) is 0 Å². The molecule has 4 heteroatoms. The third-order valence-corrected chi connectivity index (χ3v) is 3.57. The van der Waals surface area contributed by atoms with Gasteiger partial charge in [0.1, 0.15) is 0 Å². The van der Waals surface area contributed by atoms with Crippen molar-refractivity contribution in [1.82, 2.24) is 0 Å². The van der Waals surface area contributed by atoms with Crippen molar-refractivity contribution < 1.29 is 4.79 Å². The molecular formula is C16H13N3O. The average molecular weight is 263 g/mol. The molecule has 20 heavy (non-hydrogen) atoms. The highest BCUT2D eigenvalue weighted by Crippen LogP contribution is 2.33. The molecule has 0 bridgehead atoms. The Morgan fingerprint density at radius 2 is 1.95 bits per heavy atom. The van der Waals surface area contributed by atoms with Crippen molar-refractivity contribution in [2.75, 3.05) is 17.2 Å². The van der Waals surface area contributed by atoms with Crippen LogP contribution in [0.1, 0.15) is 21.5 Å². The molecule has 0 atom stereocenters. The summed E-state index contributed by atoms with van der Waals surface area (Å²) in [5.74, 6) is -0.0566. The summed E-state index contributed by atoms with van der Waals surface area (Å²) in [5.41, 5.74) is 9.73. The van der Waals surface area contributed by atoms with Crippen LogP contribution in [0, 0.1) is 11.3 Å². The summed E-state index contributed by atoms with van der Waals surface area (Å²) in [6.45, 7) is 0.641. The molecule has 98 valence electrons. The Labute approximate surface area is 117 Å². The van der Waals surface area contributed by atoms with Crippen molar-refractivity contribution in [3.63, 3.8) is 0 Å². The second kappa shape index (κ2) is 4.71. The molecule has 0 aliphatic carbocycles. The van der Waals surface area contributed by atoms with Gasteiger partial charge >= 0.3 is 0 Å². The first-order valence-corrected chi connectivity index (χ1v) is 6.40. The maximum Gasteiger partial charge on any atom is 0.258 e. The van der Waals surface area contributed by atoms with Gasteiger partial charge in [0.15, 0.2) is 0 Å². The van der Waals surface area contributed by atoms with Crippen LogP contribution in [0.3, 0.4) is 0 Å². The largest absolute Gasteiger partial charge is 0.398 e. The Hall–Kier alpha value is -2.80. The standard InChI is InChI=1S/C16H13N3O/c17-10-11-4-6-12(7-5-11)16(20)19-9-8-13-14(18)2-1-3-15(13)19/h1-7H,8-9,18H2. The van der Waals surface area contributed by atoms with E-state index in [0.717, 1.165) is 23.4 Å². The van der Waals surface area contributed by atoms with Crippen LogP contribution in [0.25, 0.3) is 0 Å². The number of nitriles is 1. The fourth-order valence-corrected chi connectivity index (χ4v) is 2.52. The van der Waals surface area contributed by atoms with E-state index in [1.807, 2.05) is 24.3 Å². The number of amides is 1. The zero-order chi connectivity index (χ0) is 14.1. The Morgan fingerprint density at radius 3 is 2.65 bits per heavy atom. The van der Waals surface area contributed by atoms with Crippen LogP contribution >= 0.6 is 0 Å². The summed E-state index contributed by atoms with van der Waals surface area (Å²) in [7, 11) is 0. The first kappa shape index (κ1) is 12.2. The van der Waals surface area contributed by atoms with Gasteiger partial charge in [-0.2, -0.15) is 5.26 Å². The van der Waals surface area contributed by atoms with E-state index in [1.54, 1.807) is 29.2 Å². The fraction of sp³-hybridized carbons (Fsp3) is 0.125. The smallest absolute Gasteiger partial charge is 0.258 e. The van der Waals surface area contributed by atoms with Crippen molar-refractivity contribution in [3.05, 3.63) is 59.2 Å². The lowest BCUT2D eigenvalue weighted by molar-refractivity contribution is 0.0989. The molecule has 2 aromatic carbocycles. The highest BCUT2D eigenvalue weighted by Gasteiger charge is 2.26. The molecule has 4 nitrogen and oxygen atoms in total. The van der Waals surface area contributed by atoms with Crippen LogP contribution in [-0.4, -0.2) is 12.5 Å². The number of benzene rings is 2. The minimum Gasteiger partial charge on any atom is -0.398 e. The second-order valence-corrected chi connectivity index (χ2v) is 4.74. The number of hydrogen-bond donors (Lipinski definition) is 1. The molecule has 1 heterocycles. The maximum absolute atomic E-state index is 12.5. The number of nitrogen functional groups attached to an aromatic ring is 1. The third kappa shape index (κ3) is 1.90. The van der Waals surface area contributed by atoms with Gasteiger partial charge in [-0.3, -0.25) is 4.79 Å². The van der Waals surface area contributed by atoms with Crippen LogP contribution in [0.2, 0.25) is 0 Å². The number of nitrogens with two attached hydrogens (primary N) is 1. The molecule has 1 amide bonds. The first-order valence-electron chi connectivity index (χ1n) is 6.40. The summed E-state index contributed by atoms with van der Waals surface area (Å²) in [6.07, 6.45) is 0.782. The van der Waals surface area contributed by atoms with Crippen molar-refractivity contribution in [2.24, 2.45) is 0 Å². The number of anilines is 2. The normalized spacial score (nSPS) is 12.8. The molecule has 3 rings (SSSR count). The summed E-state index contributed by atoms with van der Waals surface area (Å²) in [5, 5.41) is 8.78. The molecule has 0 spiro atoms. The second-order valence-electron chi connectivity index (χ2n) is 4.74. The van der Waals surface area contributed by atoms with E-state index in [4.69, 9.17) is 11.0 Å². The quantitative estimate of drug-likeness (QED) is 0.803. The summed E-state index contributed by atoms with van der Waals surface area (Å²) in [4.78, 5) is 14.3. The molecule has 0 unspecified atom stereocenters. The first-order chi connectivity index (χ1) is 9.70. The van der Waals surface area contributed by atoms with Crippen LogP contribution in [0.5, 0.6) is 0 Å². The Morgan fingerprint density at radius 1 is 1.20 bits per heavy atom. The highest BCUT2D eigenvalue weighted by molar-refractivity contribution is 6.07. The molecule has 0 saturated heterocycles. The van der Waals surface area contributed by atoms with Gasteiger partial charge in [0.25, 0.3) is 5.91 Å². The monoisotopic (exact) mass is 263 g/mol. The van der Waals surface area contributed by atoms with Crippen molar-refractivity contribution >= 4 is 17.3 Å². The maximum atomic E-state index is 12.5. The van der Waals surface area contributed by atoms with Crippen molar-refractivity contribution in [3.8, 4) is 6.07 Å². The van der Waals surface area contributed by atoms with Crippen LogP contribution in [0.4, 0.5) is 11.4 Å². The lowest BCUT2D eigenvalue weighted by Gasteiger charge is -2.17. The van der Waals surface area contributed by atoms with Crippen LogP contribution < -0.4 is 10.6 Å². The predicted molar refractivity (Wildman–Crippen MR) is 77.4 cm³/mol. The Balaban J connectivity index is 1.94. The highest BCUT2D eigenvalue weighted by atomic mass is 16.2. The van der Waals surface area contributed by atoms with Crippen LogP contribution in [0.15, 0.2) is 42.5 Å². The molecular weight excluding hydrogens is 250 g/mol. The minimum atomic E-state index is -0.0566. The van der Waals surface area contributed by atoms with Gasteiger partial charge in [0, 0.05) is 29.0 Å². The lowest BCUT2D eigenvalue weighted by Crippen LogP contribution is -2.28. The average Bonchev–Trinajstić information content (AvgIpc) is 2.92. The van der Waals surface area contributed by atoms with Gasteiger partial charge in [-0.25, -0.2) is 0 Å². The van der Waals surface area contributed by atoms with Gasteiger partial charge in [-0.1, -0.05) is 6.07 Å². The molecule has 0 saturated carbocycles. The van der Waals surface area contributed by atoms with Crippen molar-refractivity contribution in [1.29, 1.82) is 5.26 Å². The number of nitrogens with zero attached hydrogens (tertiary/aromatic N) is 2. The van der Waals surface area contributed by atoms with Gasteiger partial charge in [-0.15, -0.1) is 0 Å². The van der Waals surface area contributed by atoms with E-state index in [0.29, 0.717) is 17.7 Å². The Kier molecular flexibility index (Phi) is 2.88. The van der Waals surface area contributed by atoms with E-state index in [1.165, 1.54) is 0 Å². The van der Waals surface area contributed by atoms with Gasteiger partial charge < -0.3 is 10.6 Å². The number of hydrogen-bond acceptors (Lipinski definition) is 3. The number of rotatable bonds is 1. The molecule has 2 N–H and O–H groups in total. The van der Waals surface area contributed by atoms with Gasteiger partial charge in [-0.05, 0) is 42.8 Å². The third-order valence-electron chi connectivity index (χ3n) is 3.57. The van der Waals surface area contributed by atoms with E-state index in [9.17, 15) is 4.79 Å². The molecule has 0 radical (unpaired) electrons. The zero-order valence-corrected chi connectivity index (χ0v) is 10.8. The predicted octanol–water partition coefficient (Wildman–Crippen LogP) is 2.34. The Bertz CT molecular complexity index is 713. The van der Waals surface area contributed by atoms with Gasteiger partial charge in [0.05, 0.1) is 11.6 Å². The fourth-order valence-electron chi connectivity index (χ4n) is 2.52. The molecule has 1 aliphatic heterocycles. The summed E-state index contributed by atoms with van der Waals surface area (Å²) in [6, 6.07) is 14.4. The van der Waals surface area contributed by atoms with E-state index < -0.39 is 0 Å². The summed E-state index contributed by atoms with van der Waals surface area (Å²) < 4.78 is 0. The van der Waals surface area contributed by atoms with Crippen molar-refractivity contribution in [2.45, 2.75) is 6.42 Å². The van der Waals surface area contributed by atoms with E-state index >= 15 is 0 Å². The SMILES string of the molecule is N#Cc1ccc(C(=O)N2CCc3c(N)cccc32)cc1. The topological polar surface area (TPSA) is 70.1 Å². The molecule has 1 aliphatic rings. The summed E-state index contributed by atoms with van der Waals surface area (Å²) >= 11 is 0. The van der Waals surface area contributed by atoms with Crippen LogP contribution in [-0.2, 0) is 6.42 Å². The molecule has 0 aromatic heterocycles.